The van der Waals surface area contributed by atoms with Gasteiger partial charge in [-0.3, -0.25) is 4.79 Å². The number of carbonyl (C=O) groups excluding carboxylic acids is 1. The van der Waals surface area contributed by atoms with Crippen molar-refractivity contribution in [2.45, 2.75) is 18.7 Å². The van der Waals surface area contributed by atoms with Crippen LogP contribution in [0.2, 0.25) is 0 Å². The highest BCUT2D eigenvalue weighted by Crippen LogP contribution is 2.21. The highest BCUT2D eigenvalue weighted by atomic mass is 32.2. The summed E-state index contributed by atoms with van der Waals surface area (Å²) in [5.41, 5.74) is 1.61. The Labute approximate surface area is 137 Å². The predicted molar refractivity (Wildman–Crippen MR) is 93.4 cm³/mol. The summed E-state index contributed by atoms with van der Waals surface area (Å²) in [6.07, 6.45) is 3.08. The van der Waals surface area contributed by atoms with Gasteiger partial charge in [-0.25, -0.2) is 8.42 Å². The van der Waals surface area contributed by atoms with Crippen molar-refractivity contribution in [2.75, 3.05) is 32.2 Å². The SMILES string of the molecule is C[C@@H](C(=O)Nc1ccc2ccn(CCN(C)C)c2c1)S(C)(=O)=O. The van der Waals surface area contributed by atoms with Crippen LogP contribution in [0.15, 0.2) is 30.5 Å². The molecule has 0 radical (unpaired) electrons. The molecule has 7 heteroatoms. The number of rotatable bonds is 6. The summed E-state index contributed by atoms with van der Waals surface area (Å²) >= 11 is 0. The summed E-state index contributed by atoms with van der Waals surface area (Å²) < 4.78 is 25.1. The first-order valence-electron chi connectivity index (χ1n) is 7.42. The number of carbonyl (C=O) groups is 1. The minimum Gasteiger partial charge on any atom is -0.346 e. The number of likely N-dealkylation sites (N-methyl/N-ethyl adjacent to an activating group) is 1. The molecule has 0 aliphatic heterocycles. The van der Waals surface area contributed by atoms with Crippen LogP contribution < -0.4 is 5.32 Å². The van der Waals surface area contributed by atoms with Gasteiger partial charge in [-0.15, -0.1) is 0 Å². The van der Waals surface area contributed by atoms with Gasteiger partial charge in [-0.2, -0.15) is 0 Å². The second-order valence-corrected chi connectivity index (χ2v) is 8.41. The van der Waals surface area contributed by atoms with Gasteiger partial charge in [-0.1, -0.05) is 6.07 Å². The van der Waals surface area contributed by atoms with E-state index in [4.69, 9.17) is 0 Å². The monoisotopic (exact) mass is 337 g/mol. The Morgan fingerprint density at radius 3 is 2.61 bits per heavy atom. The van der Waals surface area contributed by atoms with Crippen molar-refractivity contribution < 1.29 is 13.2 Å². The molecule has 2 aromatic rings. The molecule has 23 heavy (non-hydrogen) atoms. The zero-order valence-electron chi connectivity index (χ0n) is 13.9. The molecule has 0 spiro atoms. The molecule has 0 bridgehead atoms. The molecule has 1 aromatic carbocycles. The minimum absolute atomic E-state index is 0.516. The van der Waals surface area contributed by atoms with Gasteiger partial charge in [0.05, 0.1) is 5.52 Å². The smallest absolute Gasteiger partial charge is 0.242 e. The fourth-order valence-corrected chi connectivity index (χ4v) is 2.65. The largest absolute Gasteiger partial charge is 0.346 e. The second kappa shape index (κ2) is 6.72. The third-order valence-corrected chi connectivity index (χ3v) is 5.34. The van der Waals surface area contributed by atoms with Gasteiger partial charge in [0.1, 0.15) is 5.25 Å². The van der Waals surface area contributed by atoms with Crippen molar-refractivity contribution in [1.29, 1.82) is 0 Å². The van der Waals surface area contributed by atoms with Crippen LogP contribution in [-0.2, 0) is 21.2 Å². The molecule has 126 valence electrons. The molecule has 1 heterocycles. The van der Waals surface area contributed by atoms with Gasteiger partial charge >= 0.3 is 0 Å². The van der Waals surface area contributed by atoms with Gasteiger partial charge < -0.3 is 14.8 Å². The van der Waals surface area contributed by atoms with Crippen LogP contribution in [0.1, 0.15) is 6.92 Å². The van der Waals surface area contributed by atoms with E-state index in [2.05, 4.69) is 14.8 Å². The number of amides is 1. The van der Waals surface area contributed by atoms with Crippen molar-refractivity contribution in [3.63, 3.8) is 0 Å². The van der Waals surface area contributed by atoms with E-state index < -0.39 is 21.0 Å². The Balaban J connectivity index is 2.22. The van der Waals surface area contributed by atoms with Gasteiger partial charge in [0, 0.05) is 31.2 Å². The van der Waals surface area contributed by atoms with Crippen LogP contribution in [0.4, 0.5) is 5.69 Å². The molecule has 0 saturated heterocycles. The Bertz CT molecular complexity index is 809. The lowest BCUT2D eigenvalue weighted by Gasteiger charge is -2.13. The summed E-state index contributed by atoms with van der Waals surface area (Å²) in [5.74, 6) is -0.516. The molecular formula is C16H23N3O3S. The summed E-state index contributed by atoms with van der Waals surface area (Å²) in [6.45, 7) is 3.14. The standard InChI is InChI=1S/C16H23N3O3S/c1-12(23(4,21)22)16(20)17-14-6-5-13-7-8-19(15(13)11-14)10-9-18(2)3/h5-8,11-12H,9-10H2,1-4H3,(H,17,20)/t12-/m0/s1. The highest BCUT2D eigenvalue weighted by Gasteiger charge is 2.23. The van der Waals surface area contributed by atoms with E-state index in [1.165, 1.54) is 6.92 Å². The number of anilines is 1. The van der Waals surface area contributed by atoms with Crippen LogP contribution in [0.25, 0.3) is 10.9 Å². The third kappa shape index (κ3) is 4.33. The van der Waals surface area contributed by atoms with E-state index in [-0.39, 0.29) is 0 Å². The van der Waals surface area contributed by atoms with E-state index in [1.807, 2.05) is 38.5 Å². The molecule has 0 unspecified atom stereocenters. The summed E-state index contributed by atoms with van der Waals surface area (Å²) in [5, 5.41) is 2.69. The number of benzene rings is 1. The van der Waals surface area contributed by atoms with Crippen molar-refractivity contribution in [3.05, 3.63) is 30.5 Å². The molecule has 6 nitrogen and oxygen atoms in total. The molecule has 0 aliphatic rings. The van der Waals surface area contributed by atoms with Gasteiger partial charge in [0.25, 0.3) is 0 Å². The molecule has 1 atom stereocenters. The first kappa shape index (κ1) is 17.5. The van der Waals surface area contributed by atoms with Crippen molar-refractivity contribution >= 4 is 32.3 Å². The van der Waals surface area contributed by atoms with Crippen LogP contribution >= 0.6 is 0 Å². The molecule has 1 aromatic heterocycles. The summed E-state index contributed by atoms with van der Waals surface area (Å²) in [7, 11) is 0.633. The van der Waals surface area contributed by atoms with E-state index in [9.17, 15) is 13.2 Å². The van der Waals surface area contributed by atoms with E-state index in [0.29, 0.717) is 5.69 Å². The number of hydrogen-bond acceptors (Lipinski definition) is 4. The fraction of sp³-hybridized carbons (Fsp3) is 0.438. The van der Waals surface area contributed by atoms with Gasteiger partial charge in [-0.05, 0) is 44.6 Å². The van der Waals surface area contributed by atoms with Crippen LogP contribution in [-0.4, -0.2) is 55.9 Å². The lowest BCUT2D eigenvalue weighted by Crippen LogP contribution is -2.31. The first-order chi connectivity index (χ1) is 10.7. The highest BCUT2D eigenvalue weighted by molar-refractivity contribution is 7.92. The number of nitrogens with zero attached hydrogens (tertiary/aromatic N) is 2. The van der Waals surface area contributed by atoms with Crippen LogP contribution in [0.3, 0.4) is 0 Å². The number of hydrogen-bond donors (Lipinski definition) is 1. The van der Waals surface area contributed by atoms with Crippen molar-refractivity contribution in [2.24, 2.45) is 0 Å². The maximum absolute atomic E-state index is 12.0. The predicted octanol–water partition coefficient (Wildman–Crippen LogP) is 1.57. The molecule has 0 aliphatic carbocycles. The van der Waals surface area contributed by atoms with E-state index in [0.717, 1.165) is 30.2 Å². The van der Waals surface area contributed by atoms with Crippen molar-refractivity contribution in [1.82, 2.24) is 9.47 Å². The van der Waals surface area contributed by atoms with E-state index >= 15 is 0 Å². The fourth-order valence-electron chi connectivity index (χ4n) is 2.20. The quantitative estimate of drug-likeness (QED) is 0.869. The maximum Gasteiger partial charge on any atom is 0.242 e. The zero-order valence-corrected chi connectivity index (χ0v) is 14.7. The summed E-state index contributed by atoms with van der Waals surface area (Å²) in [4.78, 5) is 14.1. The molecule has 0 fully saturated rings. The average molecular weight is 337 g/mol. The Morgan fingerprint density at radius 1 is 1.30 bits per heavy atom. The number of sulfone groups is 1. The van der Waals surface area contributed by atoms with Crippen LogP contribution in [0, 0.1) is 0 Å². The molecule has 2 rings (SSSR count). The normalized spacial score (nSPS) is 13.4. The Morgan fingerprint density at radius 2 is 2.00 bits per heavy atom. The van der Waals surface area contributed by atoms with Crippen molar-refractivity contribution in [3.8, 4) is 0 Å². The Hall–Kier alpha value is -1.86. The summed E-state index contributed by atoms with van der Waals surface area (Å²) in [6, 6.07) is 7.60. The van der Waals surface area contributed by atoms with Gasteiger partial charge in [0.2, 0.25) is 5.91 Å². The van der Waals surface area contributed by atoms with Crippen LogP contribution in [0.5, 0.6) is 0 Å². The van der Waals surface area contributed by atoms with E-state index in [1.54, 1.807) is 6.07 Å². The molecule has 1 amide bonds. The number of fused-ring (bicyclic) bond motifs is 1. The minimum atomic E-state index is -3.40. The number of nitrogens with one attached hydrogen (secondary N) is 1. The lowest BCUT2D eigenvalue weighted by atomic mass is 10.2. The third-order valence-electron chi connectivity index (χ3n) is 3.84. The average Bonchev–Trinajstić information content (AvgIpc) is 2.85. The number of aromatic nitrogens is 1. The second-order valence-electron chi connectivity index (χ2n) is 6.05. The lowest BCUT2D eigenvalue weighted by molar-refractivity contribution is -0.115. The topological polar surface area (TPSA) is 71.4 Å². The molecular weight excluding hydrogens is 314 g/mol. The first-order valence-corrected chi connectivity index (χ1v) is 9.37. The van der Waals surface area contributed by atoms with Gasteiger partial charge in [0.15, 0.2) is 9.84 Å². The molecule has 0 saturated carbocycles. The molecule has 1 N–H and O–H groups in total. The zero-order chi connectivity index (χ0) is 17.2. The maximum atomic E-state index is 12.0. The Kier molecular flexibility index (Phi) is 5.11.